The van der Waals surface area contributed by atoms with Crippen LogP contribution in [-0.2, 0) is 0 Å². The molecular weight excluding hydrogens is 346 g/mol. The zero-order chi connectivity index (χ0) is 19.2. The number of benzene rings is 2. The maximum absolute atomic E-state index is 12.7. The van der Waals surface area contributed by atoms with Gasteiger partial charge in [-0.1, -0.05) is 24.3 Å². The average Bonchev–Trinajstić information content (AvgIpc) is 2.69. The second-order valence-electron chi connectivity index (χ2n) is 5.55. The average molecular weight is 361 g/mol. The number of anilines is 2. The van der Waals surface area contributed by atoms with Crippen LogP contribution in [0, 0.1) is 0 Å². The number of hydrogen-bond donors (Lipinski definition) is 3. The molecule has 0 unspecified atom stereocenters. The van der Waals surface area contributed by atoms with Gasteiger partial charge in [-0.15, -0.1) is 0 Å². The summed E-state index contributed by atoms with van der Waals surface area (Å²) in [7, 11) is 0. The summed E-state index contributed by atoms with van der Waals surface area (Å²) in [5, 5.41) is 14.5. The summed E-state index contributed by atoms with van der Waals surface area (Å²) < 4.78 is 0. The Morgan fingerprint density at radius 1 is 0.741 bits per heavy atom. The molecule has 0 atom stereocenters. The summed E-state index contributed by atoms with van der Waals surface area (Å²) in [6.07, 6.45) is 2.97. The molecule has 7 nitrogen and oxygen atoms in total. The smallest absolute Gasteiger partial charge is 0.337 e. The minimum Gasteiger partial charge on any atom is -0.478 e. The third-order valence-corrected chi connectivity index (χ3v) is 3.75. The molecule has 3 aromatic rings. The summed E-state index contributed by atoms with van der Waals surface area (Å²) in [4.78, 5) is 40.2. The van der Waals surface area contributed by atoms with Crippen molar-refractivity contribution < 1.29 is 19.5 Å². The van der Waals surface area contributed by atoms with E-state index in [0.29, 0.717) is 11.3 Å². The molecule has 0 saturated heterocycles. The minimum absolute atomic E-state index is 0.0253. The van der Waals surface area contributed by atoms with E-state index in [1.165, 1.54) is 24.4 Å². The van der Waals surface area contributed by atoms with Crippen molar-refractivity contribution in [2.75, 3.05) is 10.6 Å². The minimum atomic E-state index is -1.15. The van der Waals surface area contributed by atoms with Crippen LogP contribution in [0.5, 0.6) is 0 Å². The molecule has 1 aromatic heterocycles. The number of nitrogens with one attached hydrogen (secondary N) is 2. The standard InChI is InChI=1S/C20H15N3O4/c24-18(13-6-5-11-21-12-13)22-16-9-3-1-7-14(16)19(25)23-17-10-4-2-8-15(17)20(26)27/h1-12H,(H,22,24)(H,23,25)(H,26,27). The van der Waals surface area contributed by atoms with E-state index in [1.54, 1.807) is 48.7 Å². The second-order valence-corrected chi connectivity index (χ2v) is 5.55. The summed E-state index contributed by atoms with van der Waals surface area (Å²) in [5.74, 6) is -2.09. The van der Waals surface area contributed by atoms with E-state index in [2.05, 4.69) is 15.6 Å². The van der Waals surface area contributed by atoms with Crippen LogP contribution in [0.2, 0.25) is 0 Å². The number of para-hydroxylation sites is 2. The Balaban J connectivity index is 1.85. The number of aromatic nitrogens is 1. The van der Waals surface area contributed by atoms with Crippen molar-refractivity contribution in [1.29, 1.82) is 0 Å². The lowest BCUT2D eigenvalue weighted by Crippen LogP contribution is -2.19. The van der Waals surface area contributed by atoms with Gasteiger partial charge in [-0.05, 0) is 36.4 Å². The molecular formula is C20H15N3O4. The van der Waals surface area contributed by atoms with E-state index in [-0.39, 0.29) is 16.8 Å². The topological polar surface area (TPSA) is 108 Å². The van der Waals surface area contributed by atoms with Crippen LogP contribution in [-0.4, -0.2) is 27.9 Å². The summed E-state index contributed by atoms with van der Waals surface area (Å²) in [5.41, 5.74) is 1.00. The maximum atomic E-state index is 12.7. The Bertz CT molecular complexity index is 1000. The highest BCUT2D eigenvalue weighted by molar-refractivity contribution is 6.13. The highest BCUT2D eigenvalue weighted by Crippen LogP contribution is 2.20. The Morgan fingerprint density at radius 3 is 1.96 bits per heavy atom. The highest BCUT2D eigenvalue weighted by atomic mass is 16.4. The van der Waals surface area contributed by atoms with Crippen LogP contribution in [0.4, 0.5) is 11.4 Å². The van der Waals surface area contributed by atoms with Gasteiger partial charge in [0.2, 0.25) is 0 Å². The van der Waals surface area contributed by atoms with Crippen molar-refractivity contribution in [2.45, 2.75) is 0 Å². The maximum Gasteiger partial charge on any atom is 0.337 e. The van der Waals surface area contributed by atoms with Crippen molar-refractivity contribution in [3.05, 3.63) is 89.7 Å². The van der Waals surface area contributed by atoms with E-state index in [0.717, 1.165) is 0 Å². The molecule has 0 saturated carbocycles. The molecule has 0 spiro atoms. The lowest BCUT2D eigenvalue weighted by Gasteiger charge is -2.12. The molecule has 1 heterocycles. The first-order valence-corrected chi connectivity index (χ1v) is 8.00. The van der Waals surface area contributed by atoms with Gasteiger partial charge in [-0.2, -0.15) is 0 Å². The van der Waals surface area contributed by atoms with Gasteiger partial charge < -0.3 is 15.7 Å². The molecule has 0 radical (unpaired) electrons. The number of amides is 2. The van der Waals surface area contributed by atoms with Crippen molar-refractivity contribution in [3.8, 4) is 0 Å². The fraction of sp³-hybridized carbons (Fsp3) is 0. The molecule has 2 aromatic carbocycles. The Kier molecular flexibility index (Phi) is 5.22. The normalized spacial score (nSPS) is 10.1. The zero-order valence-corrected chi connectivity index (χ0v) is 14.0. The number of pyridine rings is 1. The van der Waals surface area contributed by atoms with Crippen molar-refractivity contribution >= 4 is 29.2 Å². The van der Waals surface area contributed by atoms with Gasteiger partial charge in [0.25, 0.3) is 11.8 Å². The number of hydrogen-bond acceptors (Lipinski definition) is 4. The Morgan fingerprint density at radius 2 is 1.33 bits per heavy atom. The molecule has 0 aliphatic heterocycles. The number of carboxylic acids is 1. The van der Waals surface area contributed by atoms with Gasteiger partial charge in [-0.25, -0.2) is 4.79 Å². The first-order valence-electron chi connectivity index (χ1n) is 8.00. The fourth-order valence-electron chi connectivity index (χ4n) is 2.45. The van der Waals surface area contributed by atoms with Crippen molar-refractivity contribution in [3.63, 3.8) is 0 Å². The van der Waals surface area contributed by atoms with E-state index in [9.17, 15) is 19.5 Å². The molecule has 7 heteroatoms. The first kappa shape index (κ1) is 17.8. The van der Waals surface area contributed by atoms with Crippen LogP contribution >= 0.6 is 0 Å². The van der Waals surface area contributed by atoms with E-state index < -0.39 is 17.8 Å². The lowest BCUT2D eigenvalue weighted by atomic mass is 10.1. The van der Waals surface area contributed by atoms with E-state index in [1.807, 2.05) is 0 Å². The SMILES string of the molecule is O=C(Nc1ccccc1C(=O)Nc1ccccc1C(=O)O)c1cccnc1. The molecule has 2 amide bonds. The predicted octanol–water partition coefficient (Wildman–Crippen LogP) is 3.28. The highest BCUT2D eigenvalue weighted by Gasteiger charge is 2.17. The van der Waals surface area contributed by atoms with Gasteiger partial charge in [0.1, 0.15) is 0 Å². The van der Waals surface area contributed by atoms with Crippen LogP contribution < -0.4 is 10.6 Å². The van der Waals surface area contributed by atoms with Gasteiger partial charge in [0.05, 0.1) is 28.1 Å². The van der Waals surface area contributed by atoms with Crippen LogP contribution in [0.15, 0.2) is 73.1 Å². The Hall–Kier alpha value is -4.00. The van der Waals surface area contributed by atoms with Gasteiger partial charge >= 0.3 is 5.97 Å². The molecule has 0 aliphatic carbocycles. The summed E-state index contributed by atoms with van der Waals surface area (Å²) in [6, 6.07) is 15.8. The number of carboxylic acid groups (broad SMARTS) is 1. The van der Waals surface area contributed by atoms with Gasteiger partial charge in [0, 0.05) is 12.4 Å². The molecule has 0 fully saturated rings. The number of rotatable bonds is 5. The number of nitrogens with zero attached hydrogens (tertiary/aromatic N) is 1. The molecule has 0 aliphatic rings. The second kappa shape index (κ2) is 7.92. The number of carbonyl (C=O) groups excluding carboxylic acids is 2. The monoisotopic (exact) mass is 361 g/mol. The molecule has 3 rings (SSSR count). The van der Waals surface area contributed by atoms with Gasteiger partial charge in [-0.3, -0.25) is 14.6 Å². The van der Waals surface area contributed by atoms with Gasteiger partial charge in [0.15, 0.2) is 0 Å². The predicted molar refractivity (Wildman–Crippen MR) is 100.0 cm³/mol. The third kappa shape index (κ3) is 4.16. The largest absolute Gasteiger partial charge is 0.478 e. The van der Waals surface area contributed by atoms with Crippen LogP contribution in [0.25, 0.3) is 0 Å². The molecule has 3 N–H and O–H groups in total. The lowest BCUT2D eigenvalue weighted by molar-refractivity contribution is 0.0697. The molecule has 27 heavy (non-hydrogen) atoms. The quantitative estimate of drug-likeness (QED) is 0.646. The van der Waals surface area contributed by atoms with Crippen molar-refractivity contribution in [2.24, 2.45) is 0 Å². The number of aromatic carboxylic acids is 1. The van der Waals surface area contributed by atoms with E-state index >= 15 is 0 Å². The first-order chi connectivity index (χ1) is 13.1. The van der Waals surface area contributed by atoms with Crippen LogP contribution in [0.3, 0.4) is 0 Å². The number of carbonyl (C=O) groups is 3. The zero-order valence-electron chi connectivity index (χ0n) is 14.0. The third-order valence-electron chi connectivity index (χ3n) is 3.75. The van der Waals surface area contributed by atoms with Crippen molar-refractivity contribution in [1.82, 2.24) is 4.98 Å². The Labute approximate surface area is 154 Å². The molecule has 0 bridgehead atoms. The molecule has 134 valence electrons. The fourth-order valence-corrected chi connectivity index (χ4v) is 2.45. The van der Waals surface area contributed by atoms with E-state index in [4.69, 9.17) is 0 Å². The summed E-state index contributed by atoms with van der Waals surface area (Å²) >= 11 is 0. The summed E-state index contributed by atoms with van der Waals surface area (Å²) in [6.45, 7) is 0. The van der Waals surface area contributed by atoms with Crippen LogP contribution in [0.1, 0.15) is 31.1 Å².